The van der Waals surface area contributed by atoms with E-state index in [2.05, 4.69) is 20.7 Å². The SMILES string of the molecule is COc1ccc2c(c1)nc(NCCCCNC(=O)C(C)(C)C(F)(F)F)/c(=N/N)n2C(C)C. The Morgan fingerprint density at radius 2 is 1.91 bits per heavy atom. The van der Waals surface area contributed by atoms with Crippen molar-refractivity contribution in [3.63, 3.8) is 0 Å². The molecular formula is C21H31F3N6O2. The lowest BCUT2D eigenvalue weighted by atomic mass is 9.91. The molecule has 2 rings (SSSR count). The van der Waals surface area contributed by atoms with Crippen LogP contribution in [0.1, 0.15) is 46.6 Å². The Hall–Kier alpha value is -2.98. The molecule has 0 aliphatic heterocycles. The highest BCUT2D eigenvalue weighted by Crippen LogP contribution is 2.37. The molecule has 11 heteroatoms. The standard InChI is InChI=1S/C21H31F3N6O2/c1-13(2)30-16-9-8-14(32-5)12-15(16)28-17(18(30)29-25)26-10-6-7-11-27-19(31)20(3,4)21(22,23)24/h8-9,12-13H,6-7,10-11,25H2,1-5H3,(H,26,28)(H,27,31)/b29-18-. The molecular weight excluding hydrogens is 425 g/mol. The Labute approximate surface area is 185 Å². The first kappa shape index (κ1) is 25.3. The third-order valence-corrected chi connectivity index (χ3v) is 5.21. The summed E-state index contributed by atoms with van der Waals surface area (Å²) < 4.78 is 46.0. The van der Waals surface area contributed by atoms with Crippen LogP contribution >= 0.6 is 0 Å². The maximum absolute atomic E-state index is 12.9. The van der Waals surface area contributed by atoms with Gasteiger partial charge >= 0.3 is 6.18 Å². The van der Waals surface area contributed by atoms with Gasteiger partial charge in [0.1, 0.15) is 11.2 Å². The topological polar surface area (TPSA) is 107 Å². The summed E-state index contributed by atoms with van der Waals surface area (Å²) in [7, 11) is 1.58. The lowest BCUT2D eigenvalue weighted by molar-refractivity contribution is -0.211. The Morgan fingerprint density at radius 1 is 1.25 bits per heavy atom. The zero-order valence-corrected chi connectivity index (χ0v) is 19.0. The fourth-order valence-corrected chi connectivity index (χ4v) is 3.10. The summed E-state index contributed by atoms with van der Waals surface area (Å²) in [6, 6.07) is 5.61. The number of alkyl halides is 3. The average Bonchev–Trinajstić information content (AvgIpc) is 2.73. The number of ether oxygens (including phenoxy) is 1. The van der Waals surface area contributed by atoms with Crippen LogP contribution in [0.25, 0.3) is 11.0 Å². The number of nitrogens with zero attached hydrogens (tertiary/aromatic N) is 3. The summed E-state index contributed by atoms with van der Waals surface area (Å²) in [4.78, 5) is 16.5. The molecule has 4 N–H and O–H groups in total. The zero-order valence-electron chi connectivity index (χ0n) is 19.0. The number of carbonyl (C=O) groups is 1. The first-order valence-electron chi connectivity index (χ1n) is 10.4. The number of nitrogens with one attached hydrogen (secondary N) is 2. The third-order valence-electron chi connectivity index (χ3n) is 5.21. The molecule has 0 atom stereocenters. The number of fused-ring (bicyclic) bond motifs is 1. The second-order valence-electron chi connectivity index (χ2n) is 8.24. The van der Waals surface area contributed by atoms with Crippen LogP contribution in [0, 0.1) is 5.41 Å². The van der Waals surface area contributed by atoms with Crippen LogP contribution in [0.5, 0.6) is 5.75 Å². The second-order valence-corrected chi connectivity index (χ2v) is 8.24. The van der Waals surface area contributed by atoms with Gasteiger partial charge in [-0.3, -0.25) is 4.79 Å². The normalized spacial score (nSPS) is 13.0. The van der Waals surface area contributed by atoms with Crippen molar-refractivity contribution < 1.29 is 22.7 Å². The van der Waals surface area contributed by atoms with Crippen molar-refractivity contribution in [3.8, 4) is 5.75 Å². The van der Waals surface area contributed by atoms with Crippen LogP contribution in [0.15, 0.2) is 23.3 Å². The van der Waals surface area contributed by atoms with E-state index < -0.39 is 17.5 Å². The first-order valence-corrected chi connectivity index (χ1v) is 10.4. The molecule has 0 radical (unpaired) electrons. The van der Waals surface area contributed by atoms with Crippen LogP contribution in [0.2, 0.25) is 0 Å². The minimum atomic E-state index is -4.60. The monoisotopic (exact) mass is 456 g/mol. The van der Waals surface area contributed by atoms with E-state index in [1.807, 2.05) is 36.6 Å². The van der Waals surface area contributed by atoms with Gasteiger partial charge in [-0.25, -0.2) is 4.98 Å². The minimum Gasteiger partial charge on any atom is -0.497 e. The molecule has 2 aromatic rings. The van der Waals surface area contributed by atoms with E-state index >= 15 is 0 Å². The molecule has 0 aliphatic carbocycles. The van der Waals surface area contributed by atoms with Gasteiger partial charge in [-0.1, -0.05) is 0 Å². The molecule has 1 heterocycles. The van der Waals surface area contributed by atoms with E-state index in [0.717, 1.165) is 19.4 Å². The highest BCUT2D eigenvalue weighted by molar-refractivity contribution is 5.82. The minimum absolute atomic E-state index is 0.0592. The predicted molar refractivity (Wildman–Crippen MR) is 117 cm³/mol. The maximum atomic E-state index is 12.9. The molecule has 0 fully saturated rings. The van der Waals surface area contributed by atoms with Crippen molar-refractivity contribution in [1.82, 2.24) is 14.9 Å². The van der Waals surface area contributed by atoms with Crippen molar-refractivity contribution in [3.05, 3.63) is 23.7 Å². The predicted octanol–water partition coefficient (Wildman–Crippen LogP) is 3.30. The molecule has 0 spiro atoms. The van der Waals surface area contributed by atoms with E-state index in [-0.39, 0.29) is 12.6 Å². The van der Waals surface area contributed by atoms with Gasteiger partial charge in [0, 0.05) is 25.2 Å². The fourth-order valence-electron chi connectivity index (χ4n) is 3.10. The summed E-state index contributed by atoms with van der Waals surface area (Å²) in [6.07, 6.45) is -3.51. The number of nitrogens with two attached hydrogens (primary N) is 1. The number of carbonyl (C=O) groups excluding carboxylic acids is 1. The van der Waals surface area contributed by atoms with Gasteiger partial charge in [0.05, 0.1) is 18.1 Å². The van der Waals surface area contributed by atoms with Gasteiger partial charge in [-0.15, -0.1) is 0 Å². The number of aromatic nitrogens is 2. The molecule has 0 saturated heterocycles. The lowest BCUT2D eigenvalue weighted by Gasteiger charge is -2.26. The fraction of sp³-hybridized carbons (Fsp3) is 0.571. The van der Waals surface area contributed by atoms with Gasteiger partial charge in [0.2, 0.25) is 5.91 Å². The van der Waals surface area contributed by atoms with Crippen molar-refractivity contribution in [2.75, 3.05) is 25.5 Å². The molecule has 1 aromatic heterocycles. The van der Waals surface area contributed by atoms with Crippen LogP contribution in [-0.4, -0.2) is 41.8 Å². The van der Waals surface area contributed by atoms with E-state index in [4.69, 9.17) is 10.6 Å². The highest BCUT2D eigenvalue weighted by Gasteiger charge is 2.52. The largest absolute Gasteiger partial charge is 0.497 e. The van der Waals surface area contributed by atoms with Crippen molar-refractivity contribution in [1.29, 1.82) is 0 Å². The molecule has 178 valence electrons. The molecule has 1 aromatic carbocycles. The summed E-state index contributed by atoms with van der Waals surface area (Å²) in [5, 5.41) is 9.46. The highest BCUT2D eigenvalue weighted by atomic mass is 19.4. The Kier molecular flexibility index (Phi) is 7.97. The average molecular weight is 457 g/mol. The Morgan fingerprint density at radius 3 is 2.47 bits per heavy atom. The Balaban J connectivity index is 2.06. The number of benzene rings is 1. The molecule has 1 amide bonds. The Bertz CT molecular complexity index is 1010. The van der Waals surface area contributed by atoms with E-state index in [1.165, 1.54) is 0 Å². The van der Waals surface area contributed by atoms with Gasteiger partial charge in [0.25, 0.3) is 0 Å². The number of anilines is 1. The van der Waals surface area contributed by atoms with E-state index in [9.17, 15) is 18.0 Å². The van der Waals surface area contributed by atoms with Gasteiger partial charge < -0.3 is 25.8 Å². The molecule has 0 aliphatic rings. The summed E-state index contributed by atoms with van der Waals surface area (Å²) in [5.74, 6) is 5.78. The molecule has 0 bridgehead atoms. The number of rotatable bonds is 9. The quantitative estimate of drug-likeness (QED) is 0.305. The van der Waals surface area contributed by atoms with Crippen molar-refractivity contribution in [2.45, 2.75) is 52.8 Å². The van der Waals surface area contributed by atoms with Gasteiger partial charge in [-0.2, -0.15) is 18.3 Å². The van der Waals surface area contributed by atoms with Crippen LogP contribution < -0.4 is 26.7 Å². The van der Waals surface area contributed by atoms with Gasteiger partial charge in [0.15, 0.2) is 11.3 Å². The van der Waals surface area contributed by atoms with Crippen molar-refractivity contribution in [2.24, 2.45) is 16.4 Å². The number of unbranched alkanes of at least 4 members (excludes halogenated alkanes) is 1. The first-order chi connectivity index (χ1) is 14.9. The summed E-state index contributed by atoms with van der Waals surface area (Å²) >= 11 is 0. The van der Waals surface area contributed by atoms with Gasteiger partial charge in [-0.05, 0) is 52.7 Å². The molecule has 0 saturated carbocycles. The number of hydrogen-bond donors (Lipinski definition) is 3. The maximum Gasteiger partial charge on any atom is 0.402 e. The number of halogens is 3. The van der Waals surface area contributed by atoms with E-state index in [1.54, 1.807) is 7.11 Å². The molecule has 0 unspecified atom stereocenters. The second kappa shape index (κ2) is 10.1. The van der Waals surface area contributed by atoms with Crippen LogP contribution in [-0.2, 0) is 4.79 Å². The number of methoxy groups -OCH3 is 1. The van der Waals surface area contributed by atoms with Crippen molar-refractivity contribution >= 4 is 22.8 Å². The van der Waals surface area contributed by atoms with Crippen LogP contribution in [0.3, 0.4) is 0 Å². The third kappa shape index (κ3) is 5.43. The molecule has 32 heavy (non-hydrogen) atoms. The summed E-state index contributed by atoms with van der Waals surface area (Å²) in [5.41, 5.74) is -0.387. The molecule has 8 nitrogen and oxygen atoms in total. The van der Waals surface area contributed by atoms with E-state index in [0.29, 0.717) is 42.0 Å². The lowest BCUT2D eigenvalue weighted by Crippen LogP contribution is -2.46. The van der Waals surface area contributed by atoms with Crippen LogP contribution in [0.4, 0.5) is 19.0 Å². The zero-order chi connectivity index (χ0) is 24.1. The summed E-state index contributed by atoms with van der Waals surface area (Å²) in [6.45, 7) is 6.36. The number of amides is 1. The smallest absolute Gasteiger partial charge is 0.402 e. The number of hydrogen-bond acceptors (Lipinski definition) is 6.